The van der Waals surface area contributed by atoms with Gasteiger partial charge in [0.25, 0.3) is 0 Å². The molecule has 0 atom stereocenters. The second-order valence-electron chi connectivity index (χ2n) is 5.53. The van der Waals surface area contributed by atoms with Crippen LogP contribution in [0.25, 0.3) is 0 Å². The van der Waals surface area contributed by atoms with Gasteiger partial charge in [-0.1, -0.05) is 30.3 Å². The van der Waals surface area contributed by atoms with Gasteiger partial charge in [-0.05, 0) is 5.56 Å². The first-order valence-electron chi connectivity index (χ1n) is 7.93. The minimum atomic E-state index is -1.10. The molecule has 0 fully saturated rings. The van der Waals surface area contributed by atoms with Crippen molar-refractivity contribution in [3.63, 3.8) is 0 Å². The average Bonchev–Trinajstić information content (AvgIpc) is 3.10. The van der Waals surface area contributed by atoms with E-state index in [9.17, 15) is 14.4 Å². The van der Waals surface area contributed by atoms with Gasteiger partial charge in [-0.25, -0.2) is 14.6 Å². The minimum Gasteiger partial charge on any atom is -0.476 e. The van der Waals surface area contributed by atoms with Crippen molar-refractivity contribution in [2.75, 3.05) is 13.6 Å². The number of benzene rings is 1. The molecule has 0 aliphatic heterocycles. The molecule has 26 heavy (non-hydrogen) atoms. The molecule has 3 amide bonds. The Labute approximate surface area is 154 Å². The minimum absolute atomic E-state index is 0.0343. The molecule has 138 valence electrons. The molecule has 1 aromatic heterocycles. The van der Waals surface area contributed by atoms with Crippen LogP contribution in [-0.2, 0) is 17.9 Å². The van der Waals surface area contributed by atoms with Crippen LogP contribution in [0.5, 0.6) is 0 Å². The zero-order valence-corrected chi connectivity index (χ0v) is 15.1. The van der Waals surface area contributed by atoms with Crippen molar-refractivity contribution in [3.8, 4) is 0 Å². The number of hydrogen-bond donors (Lipinski definition) is 3. The Balaban J connectivity index is 1.65. The van der Waals surface area contributed by atoms with Gasteiger partial charge in [-0.15, -0.1) is 11.3 Å². The van der Waals surface area contributed by atoms with E-state index >= 15 is 0 Å². The predicted octanol–water partition coefficient (Wildman–Crippen LogP) is 1.69. The highest BCUT2D eigenvalue weighted by Gasteiger charge is 2.11. The number of thiazole rings is 1. The first-order valence-corrected chi connectivity index (χ1v) is 8.81. The van der Waals surface area contributed by atoms with Gasteiger partial charge in [0.05, 0.1) is 6.54 Å². The summed E-state index contributed by atoms with van der Waals surface area (Å²) in [6, 6.07) is 9.35. The second kappa shape index (κ2) is 9.52. The molecule has 0 bridgehead atoms. The van der Waals surface area contributed by atoms with E-state index in [0.29, 0.717) is 11.6 Å². The number of rotatable bonds is 8. The number of carbonyl (C=O) groups is 3. The summed E-state index contributed by atoms with van der Waals surface area (Å²) in [5, 5.41) is 16.1. The molecule has 0 saturated carbocycles. The zero-order chi connectivity index (χ0) is 18.9. The molecule has 0 saturated heterocycles. The Kier molecular flexibility index (Phi) is 7.10. The first-order chi connectivity index (χ1) is 12.5. The lowest BCUT2D eigenvalue weighted by Crippen LogP contribution is -2.38. The third kappa shape index (κ3) is 6.17. The van der Waals surface area contributed by atoms with Gasteiger partial charge >= 0.3 is 12.0 Å². The van der Waals surface area contributed by atoms with Gasteiger partial charge in [-0.3, -0.25) is 4.79 Å². The molecular formula is C17H20N4O4S. The number of carboxylic acid groups (broad SMARTS) is 1. The van der Waals surface area contributed by atoms with Crippen molar-refractivity contribution in [2.45, 2.75) is 19.5 Å². The van der Waals surface area contributed by atoms with Gasteiger partial charge < -0.3 is 20.6 Å². The number of nitrogens with one attached hydrogen (secondary N) is 2. The Hall–Kier alpha value is -2.94. The van der Waals surface area contributed by atoms with Gasteiger partial charge in [0.2, 0.25) is 5.91 Å². The van der Waals surface area contributed by atoms with Gasteiger partial charge in [0.1, 0.15) is 5.01 Å². The Morgan fingerprint density at radius 1 is 1.19 bits per heavy atom. The highest BCUT2D eigenvalue weighted by Crippen LogP contribution is 2.09. The highest BCUT2D eigenvalue weighted by molar-refractivity contribution is 7.09. The number of aromatic nitrogens is 1. The maximum absolute atomic E-state index is 12.0. The summed E-state index contributed by atoms with van der Waals surface area (Å²) in [4.78, 5) is 39.9. The van der Waals surface area contributed by atoms with Gasteiger partial charge in [-0.2, -0.15) is 0 Å². The maximum atomic E-state index is 12.0. The summed E-state index contributed by atoms with van der Waals surface area (Å²) in [5.41, 5.74) is 0.986. The molecule has 2 aromatic rings. The number of hydrogen-bond acceptors (Lipinski definition) is 5. The molecule has 8 nitrogen and oxygen atoms in total. The lowest BCUT2D eigenvalue weighted by molar-refractivity contribution is -0.121. The molecular weight excluding hydrogens is 356 g/mol. The normalized spacial score (nSPS) is 10.2. The fraction of sp³-hybridized carbons (Fsp3) is 0.294. The van der Waals surface area contributed by atoms with Crippen LogP contribution in [0.2, 0.25) is 0 Å². The quantitative estimate of drug-likeness (QED) is 0.649. The van der Waals surface area contributed by atoms with Crippen LogP contribution < -0.4 is 10.6 Å². The van der Waals surface area contributed by atoms with E-state index in [1.165, 1.54) is 21.6 Å². The smallest absolute Gasteiger partial charge is 0.355 e. The zero-order valence-electron chi connectivity index (χ0n) is 14.3. The van der Waals surface area contributed by atoms with Gasteiger partial charge in [0, 0.05) is 31.9 Å². The number of aromatic carboxylic acids is 1. The van der Waals surface area contributed by atoms with Crippen LogP contribution in [0.15, 0.2) is 35.7 Å². The summed E-state index contributed by atoms with van der Waals surface area (Å²) in [5.74, 6) is -1.34. The van der Waals surface area contributed by atoms with Gasteiger partial charge in [0.15, 0.2) is 5.69 Å². The topological polar surface area (TPSA) is 112 Å². The van der Waals surface area contributed by atoms with Crippen molar-refractivity contribution >= 4 is 29.2 Å². The van der Waals surface area contributed by atoms with E-state index in [0.717, 1.165) is 5.56 Å². The van der Waals surface area contributed by atoms with E-state index in [1.807, 2.05) is 30.3 Å². The Bertz CT molecular complexity index is 763. The van der Waals surface area contributed by atoms with Crippen LogP contribution in [0.3, 0.4) is 0 Å². The number of urea groups is 1. The highest BCUT2D eigenvalue weighted by atomic mass is 32.1. The molecule has 3 N–H and O–H groups in total. The van der Waals surface area contributed by atoms with E-state index in [2.05, 4.69) is 15.6 Å². The fourth-order valence-electron chi connectivity index (χ4n) is 2.10. The number of amides is 3. The molecule has 0 radical (unpaired) electrons. The summed E-state index contributed by atoms with van der Waals surface area (Å²) in [6.45, 7) is 0.857. The molecule has 1 aromatic carbocycles. The van der Waals surface area contributed by atoms with Crippen molar-refractivity contribution in [2.24, 2.45) is 0 Å². The molecule has 2 rings (SSSR count). The summed E-state index contributed by atoms with van der Waals surface area (Å²) in [7, 11) is 1.69. The monoisotopic (exact) mass is 376 g/mol. The molecule has 1 heterocycles. The number of nitrogens with zero attached hydrogens (tertiary/aromatic N) is 2. The van der Waals surface area contributed by atoms with Crippen LogP contribution in [0.4, 0.5) is 4.79 Å². The second-order valence-corrected chi connectivity index (χ2v) is 6.47. The predicted molar refractivity (Wildman–Crippen MR) is 96.8 cm³/mol. The summed E-state index contributed by atoms with van der Waals surface area (Å²) in [6.07, 6.45) is 0.127. The van der Waals surface area contributed by atoms with Crippen molar-refractivity contribution in [1.82, 2.24) is 20.5 Å². The van der Waals surface area contributed by atoms with Crippen LogP contribution in [-0.4, -0.2) is 46.5 Å². The third-order valence-electron chi connectivity index (χ3n) is 3.45. The van der Waals surface area contributed by atoms with Crippen molar-refractivity contribution in [3.05, 3.63) is 52.0 Å². The molecule has 9 heteroatoms. The van der Waals surface area contributed by atoms with E-state index in [-0.39, 0.29) is 37.1 Å². The van der Waals surface area contributed by atoms with Crippen LogP contribution in [0.1, 0.15) is 27.5 Å². The lowest BCUT2D eigenvalue weighted by Gasteiger charge is -2.18. The largest absolute Gasteiger partial charge is 0.476 e. The Morgan fingerprint density at radius 3 is 2.58 bits per heavy atom. The SMILES string of the molecule is CN(Cc1ccccc1)C(=O)NCCC(=O)NCc1nc(C(=O)O)cs1. The summed E-state index contributed by atoms with van der Waals surface area (Å²) >= 11 is 1.17. The van der Waals surface area contributed by atoms with E-state index in [1.54, 1.807) is 7.05 Å². The van der Waals surface area contributed by atoms with Crippen molar-refractivity contribution in [1.29, 1.82) is 0 Å². The molecule has 0 spiro atoms. The van der Waals surface area contributed by atoms with Crippen LogP contribution >= 0.6 is 11.3 Å². The maximum Gasteiger partial charge on any atom is 0.355 e. The number of carbonyl (C=O) groups excluding carboxylic acids is 2. The number of carboxylic acids is 1. The van der Waals surface area contributed by atoms with Crippen LogP contribution in [0, 0.1) is 0 Å². The molecule has 0 aliphatic carbocycles. The molecule has 0 unspecified atom stereocenters. The fourth-order valence-corrected chi connectivity index (χ4v) is 2.81. The molecule has 0 aliphatic rings. The summed E-state index contributed by atoms with van der Waals surface area (Å²) < 4.78 is 0. The first kappa shape index (κ1) is 19.4. The van der Waals surface area contributed by atoms with Crippen molar-refractivity contribution < 1.29 is 19.5 Å². The Morgan fingerprint density at radius 2 is 1.92 bits per heavy atom. The average molecular weight is 376 g/mol. The van der Waals surface area contributed by atoms with E-state index in [4.69, 9.17) is 5.11 Å². The van der Waals surface area contributed by atoms with E-state index < -0.39 is 5.97 Å². The third-order valence-corrected chi connectivity index (χ3v) is 4.29. The lowest BCUT2D eigenvalue weighted by atomic mass is 10.2. The standard InChI is InChI=1S/C17H20N4O4S/c1-21(10-12-5-3-2-4-6-12)17(25)18-8-7-14(22)19-9-15-20-13(11-26-15)16(23)24/h2-6,11H,7-10H2,1H3,(H,18,25)(H,19,22)(H,23,24).